The van der Waals surface area contributed by atoms with Gasteiger partial charge in [0, 0.05) is 11.1 Å². The third kappa shape index (κ3) is 4.26. The summed E-state index contributed by atoms with van der Waals surface area (Å²) in [6.07, 6.45) is 0. The lowest BCUT2D eigenvalue weighted by Crippen LogP contribution is -2.14. The second kappa shape index (κ2) is 9.08. The van der Waals surface area contributed by atoms with Crippen LogP contribution in [0.25, 0.3) is 0 Å². The highest BCUT2D eigenvalue weighted by molar-refractivity contribution is 7.72. The van der Waals surface area contributed by atoms with Crippen LogP contribution in [0.5, 0.6) is 0 Å². The monoisotopic (exact) mass is 478 g/mol. The summed E-state index contributed by atoms with van der Waals surface area (Å²) in [6.45, 7) is 5.50. The standard InChI is InChI=1S/C23H18Cl3O3P/c1-12-9-13(2)18(14(3)10-12)23(28)30(29)22-17(25)11-16(24)19(20(22)26)21(27)15-7-5-4-6-8-15/h4-11,30H,1-3H3. The molecule has 3 rings (SSSR count). The van der Waals surface area contributed by atoms with E-state index in [1.165, 1.54) is 6.07 Å². The van der Waals surface area contributed by atoms with Gasteiger partial charge in [0.15, 0.2) is 13.6 Å². The van der Waals surface area contributed by atoms with E-state index < -0.39 is 19.1 Å². The molecule has 0 saturated carbocycles. The van der Waals surface area contributed by atoms with Crippen molar-refractivity contribution in [1.82, 2.24) is 0 Å². The van der Waals surface area contributed by atoms with Gasteiger partial charge in [-0.05, 0) is 38.0 Å². The van der Waals surface area contributed by atoms with Gasteiger partial charge in [-0.25, -0.2) is 0 Å². The first kappa shape index (κ1) is 22.8. The van der Waals surface area contributed by atoms with Crippen molar-refractivity contribution in [2.24, 2.45) is 0 Å². The van der Waals surface area contributed by atoms with E-state index in [1.54, 1.807) is 44.2 Å². The second-order valence-corrected chi connectivity index (χ2v) is 9.84. The van der Waals surface area contributed by atoms with Crippen molar-refractivity contribution in [2.45, 2.75) is 20.8 Å². The first-order valence-corrected chi connectivity index (χ1v) is 11.6. The molecule has 0 bridgehead atoms. The lowest BCUT2D eigenvalue weighted by Gasteiger charge is -2.15. The summed E-state index contributed by atoms with van der Waals surface area (Å²) < 4.78 is 13.3. The first-order valence-electron chi connectivity index (χ1n) is 9.07. The molecule has 0 spiro atoms. The maximum atomic E-state index is 13.3. The molecular formula is C23H18Cl3O3P. The van der Waals surface area contributed by atoms with Crippen LogP contribution in [-0.4, -0.2) is 11.3 Å². The Morgan fingerprint density at radius 3 is 1.93 bits per heavy atom. The molecule has 0 aliphatic heterocycles. The molecule has 3 aromatic carbocycles. The van der Waals surface area contributed by atoms with Crippen molar-refractivity contribution in [3.8, 4) is 0 Å². The molecular weight excluding hydrogens is 462 g/mol. The van der Waals surface area contributed by atoms with Gasteiger partial charge in [-0.15, -0.1) is 0 Å². The Morgan fingerprint density at radius 1 is 0.800 bits per heavy atom. The topological polar surface area (TPSA) is 51.2 Å². The fraction of sp³-hybridized carbons (Fsp3) is 0.130. The summed E-state index contributed by atoms with van der Waals surface area (Å²) in [4.78, 5) is 26.1. The summed E-state index contributed by atoms with van der Waals surface area (Å²) in [5.74, 6) is -0.437. The number of carbonyl (C=O) groups is 2. The van der Waals surface area contributed by atoms with Gasteiger partial charge >= 0.3 is 0 Å². The zero-order chi connectivity index (χ0) is 22.2. The fourth-order valence-electron chi connectivity index (χ4n) is 3.51. The number of hydrogen-bond acceptors (Lipinski definition) is 3. The Kier molecular flexibility index (Phi) is 6.89. The Labute approximate surface area is 190 Å². The van der Waals surface area contributed by atoms with E-state index in [0.29, 0.717) is 11.1 Å². The largest absolute Gasteiger partial charge is 0.313 e. The molecule has 0 fully saturated rings. The molecule has 0 saturated heterocycles. The average Bonchev–Trinajstić information content (AvgIpc) is 2.67. The third-order valence-electron chi connectivity index (χ3n) is 4.77. The van der Waals surface area contributed by atoms with Crippen LogP contribution in [0.4, 0.5) is 0 Å². The van der Waals surface area contributed by atoms with Crippen LogP contribution in [0.2, 0.25) is 15.1 Å². The smallest absolute Gasteiger partial charge is 0.223 e. The van der Waals surface area contributed by atoms with Crippen molar-refractivity contribution in [1.29, 1.82) is 0 Å². The molecule has 0 aliphatic carbocycles. The quantitative estimate of drug-likeness (QED) is 0.298. The van der Waals surface area contributed by atoms with Gasteiger partial charge in [0.25, 0.3) is 0 Å². The summed E-state index contributed by atoms with van der Waals surface area (Å²) in [5.41, 5.74) is 2.61. The van der Waals surface area contributed by atoms with Crippen molar-refractivity contribution in [3.05, 3.63) is 97.0 Å². The van der Waals surface area contributed by atoms with Crippen molar-refractivity contribution in [2.75, 3.05) is 0 Å². The predicted octanol–water partition coefficient (Wildman–Crippen LogP) is 6.83. The lowest BCUT2D eigenvalue weighted by atomic mass is 10.0. The van der Waals surface area contributed by atoms with Gasteiger partial charge in [-0.3, -0.25) is 9.59 Å². The first-order chi connectivity index (χ1) is 14.1. The van der Waals surface area contributed by atoms with Gasteiger partial charge in [-0.1, -0.05) is 82.8 Å². The summed E-state index contributed by atoms with van der Waals surface area (Å²) >= 11 is 19.0. The molecule has 0 amide bonds. The van der Waals surface area contributed by atoms with Gasteiger partial charge in [0.05, 0.1) is 25.9 Å². The zero-order valence-electron chi connectivity index (χ0n) is 16.5. The molecule has 1 unspecified atom stereocenters. The minimum atomic E-state index is -3.13. The van der Waals surface area contributed by atoms with Crippen LogP contribution in [-0.2, 0) is 4.57 Å². The van der Waals surface area contributed by atoms with Gasteiger partial charge in [0.1, 0.15) is 0 Å². The SMILES string of the molecule is Cc1cc(C)c(C(=O)[PH](=O)c2c(Cl)cc(Cl)c(C(=O)c3ccccc3)c2Cl)c(C)c1. The molecule has 7 heteroatoms. The number of carbonyl (C=O) groups excluding carboxylic acids is 2. The van der Waals surface area contributed by atoms with Crippen LogP contribution in [0, 0.1) is 20.8 Å². The zero-order valence-corrected chi connectivity index (χ0v) is 19.7. The minimum Gasteiger partial charge on any atom is -0.313 e. The molecule has 0 heterocycles. The van der Waals surface area contributed by atoms with E-state index >= 15 is 0 Å². The highest BCUT2D eigenvalue weighted by atomic mass is 35.5. The highest BCUT2D eigenvalue weighted by Gasteiger charge is 2.29. The van der Waals surface area contributed by atoms with Crippen LogP contribution >= 0.6 is 42.6 Å². The van der Waals surface area contributed by atoms with E-state index in [4.69, 9.17) is 34.8 Å². The average molecular weight is 480 g/mol. The number of rotatable bonds is 5. The van der Waals surface area contributed by atoms with Crippen molar-refractivity contribution in [3.63, 3.8) is 0 Å². The van der Waals surface area contributed by atoms with Crippen LogP contribution < -0.4 is 5.30 Å². The number of halogens is 3. The molecule has 0 aromatic heterocycles. The Hall–Kier alpha value is -1.90. The second-order valence-electron chi connectivity index (χ2n) is 7.03. The molecule has 154 valence electrons. The Morgan fingerprint density at radius 2 is 1.37 bits per heavy atom. The Bertz CT molecular complexity index is 1180. The molecule has 0 radical (unpaired) electrons. The van der Waals surface area contributed by atoms with Crippen LogP contribution in [0.1, 0.15) is 43.0 Å². The molecule has 30 heavy (non-hydrogen) atoms. The van der Waals surface area contributed by atoms with E-state index in [1.807, 2.05) is 19.1 Å². The summed E-state index contributed by atoms with van der Waals surface area (Å²) in [5, 5.41) is -0.167. The summed E-state index contributed by atoms with van der Waals surface area (Å²) in [6, 6.07) is 13.5. The molecule has 1 atom stereocenters. The molecule has 3 nitrogen and oxygen atoms in total. The third-order valence-corrected chi connectivity index (χ3v) is 7.70. The normalized spacial score (nSPS) is 11.9. The van der Waals surface area contributed by atoms with E-state index in [9.17, 15) is 14.2 Å². The van der Waals surface area contributed by atoms with Crippen molar-refractivity contribution >= 4 is 59.2 Å². The van der Waals surface area contributed by atoms with Crippen LogP contribution in [0.15, 0.2) is 48.5 Å². The van der Waals surface area contributed by atoms with E-state index in [0.717, 1.165) is 16.7 Å². The highest BCUT2D eigenvalue weighted by Crippen LogP contribution is 2.39. The van der Waals surface area contributed by atoms with Gasteiger partial charge < -0.3 is 4.57 Å². The number of ketones is 1. The Balaban J connectivity index is 2.14. The maximum absolute atomic E-state index is 13.3. The predicted molar refractivity (Wildman–Crippen MR) is 125 cm³/mol. The molecule has 0 N–H and O–H groups in total. The fourth-order valence-corrected chi connectivity index (χ4v) is 6.42. The van der Waals surface area contributed by atoms with Crippen molar-refractivity contribution < 1.29 is 14.2 Å². The van der Waals surface area contributed by atoms with E-state index in [2.05, 4.69) is 0 Å². The number of aryl methyl sites for hydroxylation is 3. The summed E-state index contributed by atoms with van der Waals surface area (Å²) in [7, 11) is -3.13. The molecule has 0 aliphatic rings. The van der Waals surface area contributed by atoms with Gasteiger partial charge in [-0.2, -0.15) is 0 Å². The maximum Gasteiger partial charge on any atom is 0.223 e. The molecule has 3 aromatic rings. The lowest BCUT2D eigenvalue weighted by molar-refractivity contribution is 0.103. The van der Waals surface area contributed by atoms with Gasteiger partial charge in [0.2, 0.25) is 5.52 Å². The number of benzene rings is 3. The number of hydrogen-bond donors (Lipinski definition) is 0. The minimum absolute atomic E-state index is 0.00531. The van der Waals surface area contributed by atoms with E-state index in [-0.39, 0.29) is 25.9 Å². The van der Waals surface area contributed by atoms with Crippen LogP contribution in [0.3, 0.4) is 0 Å².